The predicted molar refractivity (Wildman–Crippen MR) is 88.4 cm³/mol. The number of furan rings is 1. The summed E-state index contributed by atoms with van der Waals surface area (Å²) < 4.78 is 40.3. The minimum atomic E-state index is -3.08. The van der Waals surface area contributed by atoms with Gasteiger partial charge in [-0.2, -0.15) is 14.0 Å². The molecule has 0 aliphatic heterocycles. The summed E-state index contributed by atoms with van der Waals surface area (Å²) in [4.78, 5) is 12.2. The average molecular weight is 362 g/mol. The predicted octanol–water partition coefficient (Wildman–Crippen LogP) is 3.50. The first-order valence-corrected chi connectivity index (χ1v) is 7.68. The van der Waals surface area contributed by atoms with Gasteiger partial charge in [0.05, 0.1) is 19.4 Å². The molecule has 0 spiro atoms. The van der Waals surface area contributed by atoms with Gasteiger partial charge >= 0.3 is 6.61 Å². The molecule has 0 fully saturated rings. The maximum atomic E-state index is 12.7. The number of alkyl halides is 2. The van der Waals surface area contributed by atoms with Gasteiger partial charge in [-0.25, -0.2) is 0 Å². The van der Waals surface area contributed by atoms with Crippen LogP contribution in [0.5, 0.6) is 11.5 Å². The van der Waals surface area contributed by atoms with Gasteiger partial charge in [-0.05, 0) is 31.2 Å². The Labute approximate surface area is 148 Å². The van der Waals surface area contributed by atoms with E-state index in [1.807, 2.05) is 0 Å². The largest absolute Gasteiger partial charge is 0.490 e. The molecular formula is C18H16F2N2O4. The van der Waals surface area contributed by atoms with E-state index >= 15 is 0 Å². The molecule has 0 aliphatic rings. The fourth-order valence-corrected chi connectivity index (χ4v) is 2.11. The maximum Gasteiger partial charge on any atom is 0.387 e. The van der Waals surface area contributed by atoms with Gasteiger partial charge in [-0.15, -0.1) is 0 Å². The van der Waals surface area contributed by atoms with E-state index in [1.165, 1.54) is 18.4 Å². The Kier molecular flexibility index (Phi) is 6.74. The van der Waals surface area contributed by atoms with Gasteiger partial charge in [0.15, 0.2) is 11.5 Å². The summed E-state index contributed by atoms with van der Waals surface area (Å²) in [6.07, 6.45) is 2.62. The third kappa shape index (κ3) is 5.08. The van der Waals surface area contributed by atoms with Crippen molar-refractivity contribution < 1.29 is 27.5 Å². The van der Waals surface area contributed by atoms with E-state index in [0.717, 1.165) is 6.08 Å². The Hall–Kier alpha value is -3.34. The van der Waals surface area contributed by atoms with E-state index in [2.05, 4.69) is 10.1 Å². The number of halogens is 2. The second kappa shape index (κ2) is 9.22. The monoisotopic (exact) mass is 362 g/mol. The van der Waals surface area contributed by atoms with Crippen LogP contribution in [0.4, 0.5) is 8.78 Å². The summed E-state index contributed by atoms with van der Waals surface area (Å²) in [5, 5.41) is 11.8. The molecule has 1 N–H and O–H groups in total. The van der Waals surface area contributed by atoms with Crippen LogP contribution in [0.25, 0.3) is 6.08 Å². The summed E-state index contributed by atoms with van der Waals surface area (Å²) in [5.74, 6) is -0.310. The molecule has 1 aromatic carbocycles. The van der Waals surface area contributed by atoms with E-state index in [0.29, 0.717) is 5.76 Å². The molecule has 8 heteroatoms. The van der Waals surface area contributed by atoms with Crippen LogP contribution in [-0.4, -0.2) is 19.1 Å². The number of carbonyl (C=O) groups excluding carboxylic acids is 1. The standard InChI is InChI=1S/C18H16F2N2O4/c1-2-24-15-7-3-5-12(16(15)26-18(19)20)9-13(10-21)17(23)22-11-14-6-4-8-25-14/h3-9,18H,2,11H2,1H3,(H,22,23)/b13-9+. The molecule has 1 aromatic heterocycles. The van der Waals surface area contributed by atoms with Crippen LogP contribution in [0.15, 0.2) is 46.6 Å². The molecule has 0 bridgehead atoms. The first-order chi connectivity index (χ1) is 12.5. The maximum absolute atomic E-state index is 12.7. The van der Waals surface area contributed by atoms with E-state index in [-0.39, 0.29) is 35.8 Å². The molecule has 6 nitrogen and oxygen atoms in total. The zero-order valence-electron chi connectivity index (χ0n) is 13.9. The molecule has 1 amide bonds. The van der Waals surface area contributed by atoms with Gasteiger partial charge in [-0.1, -0.05) is 12.1 Å². The zero-order chi connectivity index (χ0) is 18.9. The minimum absolute atomic E-state index is 0.0875. The summed E-state index contributed by atoms with van der Waals surface area (Å²) in [7, 11) is 0. The van der Waals surface area contributed by atoms with Crippen LogP contribution in [0.3, 0.4) is 0 Å². The van der Waals surface area contributed by atoms with E-state index in [1.54, 1.807) is 31.2 Å². The lowest BCUT2D eigenvalue weighted by atomic mass is 10.1. The third-order valence-electron chi connectivity index (χ3n) is 3.18. The first kappa shape index (κ1) is 19.0. The van der Waals surface area contributed by atoms with Crippen molar-refractivity contribution in [2.24, 2.45) is 0 Å². The fourth-order valence-electron chi connectivity index (χ4n) is 2.11. The molecule has 2 aromatic rings. The van der Waals surface area contributed by atoms with Crippen molar-refractivity contribution in [2.45, 2.75) is 20.1 Å². The van der Waals surface area contributed by atoms with Gasteiger partial charge in [0.25, 0.3) is 5.91 Å². The van der Waals surface area contributed by atoms with Crippen LogP contribution in [0.1, 0.15) is 18.2 Å². The third-order valence-corrected chi connectivity index (χ3v) is 3.18. The highest BCUT2D eigenvalue weighted by atomic mass is 19.3. The molecule has 0 saturated heterocycles. The summed E-state index contributed by atoms with van der Waals surface area (Å²) >= 11 is 0. The lowest BCUT2D eigenvalue weighted by Crippen LogP contribution is -2.23. The van der Waals surface area contributed by atoms with Crippen LogP contribution in [-0.2, 0) is 11.3 Å². The van der Waals surface area contributed by atoms with Crippen LogP contribution >= 0.6 is 0 Å². The molecule has 26 heavy (non-hydrogen) atoms. The zero-order valence-corrected chi connectivity index (χ0v) is 13.9. The molecule has 1 heterocycles. The number of hydrogen-bond donors (Lipinski definition) is 1. The topological polar surface area (TPSA) is 84.5 Å². The highest BCUT2D eigenvalue weighted by Crippen LogP contribution is 2.34. The number of nitrogens with one attached hydrogen (secondary N) is 1. The molecule has 0 saturated carbocycles. The molecule has 2 rings (SSSR count). The van der Waals surface area contributed by atoms with Gasteiger partial charge in [-0.3, -0.25) is 4.79 Å². The summed E-state index contributed by atoms with van der Waals surface area (Å²) in [6.45, 7) is -1.06. The Morgan fingerprint density at radius 1 is 1.38 bits per heavy atom. The molecule has 136 valence electrons. The number of hydrogen-bond acceptors (Lipinski definition) is 5. The lowest BCUT2D eigenvalue weighted by Gasteiger charge is -2.13. The number of rotatable bonds is 8. The average Bonchev–Trinajstić information content (AvgIpc) is 3.13. The van der Waals surface area contributed by atoms with Gasteiger partial charge in [0.1, 0.15) is 17.4 Å². The first-order valence-electron chi connectivity index (χ1n) is 7.68. The highest BCUT2D eigenvalue weighted by molar-refractivity contribution is 6.02. The highest BCUT2D eigenvalue weighted by Gasteiger charge is 2.17. The van der Waals surface area contributed by atoms with Crippen molar-refractivity contribution in [3.8, 4) is 17.6 Å². The Balaban J connectivity index is 2.27. The van der Waals surface area contributed by atoms with Gasteiger partial charge in [0.2, 0.25) is 0 Å². The van der Waals surface area contributed by atoms with Crippen LogP contribution in [0.2, 0.25) is 0 Å². The number of para-hydroxylation sites is 1. The quantitative estimate of drug-likeness (QED) is 0.574. The molecular weight excluding hydrogens is 346 g/mol. The summed E-state index contributed by atoms with van der Waals surface area (Å²) in [5.41, 5.74) is -0.148. The van der Waals surface area contributed by atoms with E-state index in [9.17, 15) is 18.8 Å². The van der Waals surface area contributed by atoms with Crippen molar-refractivity contribution in [2.75, 3.05) is 6.61 Å². The van der Waals surface area contributed by atoms with E-state index in [4.69, 9.17) is 9.15 Å². The Morgan fingerprint density at radius 3 is 2.81 bits per heavy atom. The fraction of sp³-hybridized carbons (Fsp3) is 0.222. The molecule has 0 unspecified atom stereocenters. The van der Waals surface area contributed by atoms with Gasteiger partial charge in [0, 0.05) is 5.56 Å². The van der Waals surface area contributed by atoms with Crippen LogP contribution < -0.4 is 14.8 Å². The van der Waals surface area contributed by atoms with Crippen LogP contribution in [0, 0.1) is 11.3 Å². The number of nitrogens with zero attached hydrogens (tertiary/aromatic N) is 1. The Bertz CT molecular complexity index is 811. The second-order valence-corrected chi connectivity index (χ2v) is 4.92. The van der Waals surface area contributed by atoms with Crippen molar-refractivity contribution in [1.82, 2.24) is 5.32 Å². The number of carbonyl (C=O) groups is 1. The van der Waals surface area contributed by atoms with Crippen molar-refractivity contribution in [1.29, 1.82) is 5.26 Å². The lowest BCUT2D eigenvalue weighted by molar-refractivity contribution is -0.117. The second-order valence-electron chi connectivity index (χ2n) is 4.92. The van der Waals surface area contributed by atoms with E-state index < -0.39 is 12.5 Å². The number of amides is 1. The molecule has 0 aliphatic carbocycles. The Morgan fingerprint density at radius 2 is 2.19 bits per heavy atom. The van der Waals surface area contributed by atoms with Crippen molar-refractivity contribution >= 4 is 12.0 Å². The number of benzene rings is 1. The summed E-state index contributed by atoms with van der Waals surface area (Å²) in [6, 6.07) is 9.52. The molecule has 0 radical (unpaired) electrons. The van der Waals surface area contributed by atoms with Crippen molar-refractivity contribution in [3.05, 3.63) is 53.5 Å². The normalized spacial score (nSPS) is 11.1. The van der Waals surface area contributed by atoms with Crippen molar-refractivity contribution in [3.63, 3.8) is 0 Å². The SMILES string of the molecule is CCOc1cccc(/C=C(\C#N)C(=O)NCc2ccco2)c1OC(F)F. The smallest absolute Gasteiger partial charge is 0.387 e. The minimum Gasteiger partial charge on any atom is -0.490 e. The van der Waals surface area contributed by atoms with Gasteiger partial charge < -0.3 is 19.2 Å². The number of nitriles is 1. The number of ether oxygens (including phenoxy) is 2. The molecule has 0 atom stereocenters.